The monoisotopic (exact) mass is 338 g/mol. The molecule has 132 valence electrons. The molecule has 0 bridgehead atoms. The van der Waals surface area contributed by atoms with Crippen molar-refractivity contribution in [2.75, 3.05) is 32.7 Å². The summed E-state index contributed by atoms with van der Waals surface area (Å²) in [5, 5.41) is 7.78. The number of carbonyl (C=O) groups excluding carboxylic acids is 1. The summed E-state index contributed by atoms with van der Waals surface area (Å²) < 4.78 is 0. The molecule has 2 aliphatic heterocycles. The summed E-state index contributed by atoms with van der Waals surface area (Å²) in [6.45, 7) is 4.27. The van der Waals surface area contributed by atoms with Crippen LogP contribution >= 0.6 is 0 Å². The number of rotatable bonds is 3. The molecule has 5 heteroatoms. The molecule has 0 atom stereocenters. The number of benzene rings is 1. The SMILES string of the molecule is O=C(CN1CCc2[nH]nc(-c3ccccc3)c2CC1)N1CCCCC1. The standard InChI is InChI=1S/C20H26N4O/c25-19(24-11-5-2-6-12-24)15-23-13-9-17-18(10-14-23)21-22-20(17)16-7-3-1-4-8-16/h1,3-4,7-8H,2,5-6,9-15H2,(H,21,22). The molecule has 1 amide bonds. The van der Waals surface area contributed by atoms with Crippen LogP contribution in [-0.4, -0.2) is 58.6 Å². The summed E-state index contributed by atoms with van der Waals surface area (Å²) in [5.41, 5.74) is 4.78. The molecular weight excluding hydrogens is 312 g/mol. The van der Waals surface area contributed by atoms with Crippen LogP contribution in [0, 0.1) is 0 Å². The van der Waals surface area contributed by atoms with Crippen molar-refractivity contribution in [3.63, 3.8) is 0 Å². The molecular formula is C20H26N4O. The van der Waals surface area contributed by atoms with Crippen LogP contribution in [0.5, 0.6) is 0 Å². The molecule has 4 rings (SSSR count). The Labute approximate surface area is 149 Å². The second-order valence-corrected chi connectivity index (χ2v) is 7.11. The lowest BCUT2D eigenvalue weighted by molar-refractivity contribution is -0.133. The average Bonchev–Trinajstić information content (AvgIpc) is 2.98. The van der Waals surface area contributed by atoms with Gasteiger partial charge in [-0.05, 0) is 25.7 Å². The molecule has 1 fully saturated rings. The van der Waals surface area contributed by atoms with Crippen molar-refractivity contribution in [1.82, 2.24) is 20.0 Å². The number of aromatic amines is 1. The van der Waals surface area contributed by atoms with Crippen molar-refractivity contribution >= 4 is 5.91 Å². The Balaban J connectivity index is 1.42. The highest BCUT2D eigenvalue weighted by Crippen LogP contribution is 2.26. The molecule has 1 aromatic carbocycles. The minimum Gasteiger partial charge on any atom is -0.342 e. The Morgan fingerprint density at radius 2 is 1.76 bits per heavy atom. The molecule has 0 aliphatic carbocycles. The second-order valence-electron chi connectivity index (χ2n) is 7.11. The van der Waals surface area contributed by atoms with Gasteiger partial charge >= 0.3 is 0 Å². The lowest BCUT2D eigenvalue weighted by Crippen LogP contribution is -2.43. The second kappa shape index (κ2) is 7.40. The number of fused-ring (bicyclic) bond motifs is 1. The van der Waals surface area contributed by atoms with Crippen LogP contribution in [0.25, 0.3) is 11.3 Å². The molecule has 1 saturated heterocycles. The molecule has 2 aromatic rings. The average molecular weight is 338 g/mol. The maximum atomic E-state index is 12.5. The molecule has 0 saturated carbocycles. The molecule has 1 N–H and O–H groups in total. The zero-order chi connectivity index (χ0) is 17.1. The van der Waals surface area contributed by atoms with Crippen molar-refractivity contribution in [2.24, 2.45) is 0 Å². The van der Waals surface area contributed by atoms with E-state index in [1.165, 1.54) is 17.7 Å². The van der Waals surface area contributed by atoms with Gasteiger partial charge in [0, 0.05) is 49.4 Å². The van der Waals surface area contributed by atoms with E-state index in [9.17, 15) is 4.79 Å². The van der Waals surface area contributed by atoms with Crippen LogP contribution in [-0.2, 0) is 17.6 Å². The first-order valence-corrected chi connectivity index (χ1v) is 9.43. The highest BCUT2D eigenvalue weighted by molar-refractivity contribution is 5.78. The van der Waals surface area contributed by atoms with Crippen molar-refractivity contribution < 1.29 is 4.79 Å². The molecule has 2 aliphatic rings. The van der Waals surface area contributed by atoms with Crippen molar-refractivity contribution in [3.8, 4) is 11.3 Å². The molecule has 0 unspecified atom stereocenters. The van der Waals surface area contributed by atoms with Gasteiger partial charge in [0.05, 0.1) is 12.2 Å². The van der Waals surface area contributed by atoms with E-state index in [-0.39, 0.29) is 0 Å². The fourth-order valence-corrected chi connectivity index (χ4v) is 3.96. The lowest BCUT2D eigenvalue weighted by Gasteiger charge is -2.29. The number of nitrogens with zero attached hydrogens (tertiary/aromatic N) is 3. The Hall–Kier alpha value is -2.14. The number of hydrogen-bond acceptors (Lipinski definition) is 3. The van der Waals surface area contributed by atoms with Gasteiger partial charge in [-0.1, -0.05) is 30.3 Å². The van der Waals surface area contributed by atoms with Gasteiger partial charge in [0.25, 0.3) is 0 Å². The van der Waals surface area contributed by atoms with Gasteiger partial charge in [-0.2, -0.15) is 5.10 Å². The van der Waals surface area contributed by atoms with Gasteiger partial charge in [-0.25, -0.2) is 0 Å². The van der Waals surface area contributed by atoms with Crippen LogP contribution < -0.4 is 0 Å². The topological polar surface area (TPSA) is 52.2 Å². The summed E-state index contributed by atoms with van der Waals surface area (Å²) in [6.07, 6.45) is 5.45. The molecule has 0 spiro atoms. The number of carbonyl (C=O) groups is 1. The molecule has 5 nitrogen and oxygen atoms in total. The number of nitrogens with one attached hydrogen (secondary N) is 1. The number of likely N-dealkylation sites (tertiary alicyclic amines) is 1. The smallest absolute Gasteiger partial charge is 0.236 e. The van der Waals surface area contributed by atoms with Crippen molar-refractivity contribution in [1.29, 1.82) is 0 Å². The van der Waals surface area contributed by atoms with Crippen LogP contribution in [0.15, 0.2) is 30.3 Å². The number of aromatic nitrogens is 2. The third-order valence-corrected chi connectivity index (χ3v) is 5.42. The van der Waals surface area contributed by atoms with E-state index in [2.05, 4.69) is 39.4 Å². The predicted octanol–water partition coefficient (Wildman–Crippen LogP) is 2.49. The highest BCUT2D eigenvalue weighted by Gasteiger charge is 2.23. The lowest BCUT2D eigenvalue weighted by atomic mass is 10.0. The highest BCUT2D eigenvalue weighted by atomic mass is 16.2. The summed E-state index contributed by atoms with van der Waals surface area (Å²) in [6, 6.07) is 10.4. The Bertz CT molecular complexity index is 719. The van der Waals surface area contributed by atoms with Crippen LogP contribution in [0.1, 0.15) is 30.5 Å². The van der Waals surface area contributed by atoms with Gasteiger partial charge < -0.3 is 4.90 Å². The Morgan fingerprint density at radius 1 is 1.00 bits per heavy atom. The molecule has 1 aromatic heterocycles. The number of H-pyrrole nitrogens is 1. The first kappa shape index (κ1) is 16.3. The van der Waals surface area contributed by atoms with Gasteiger partial charge in [0.15, 0.2) is 0 Å². The molecule has 25 heavy (non-hydrogen) atoms. The third kappa shape index (κ3) is 3.61. The van der Waals surface area contributed by atoms with E-state index in [1.807, 2.05) is 11.0 Å². The Morgan fingerprint density at radius 3 is 2.56 bits per heavy atom. The summed E-state index contributed by atoms with van der Waals surface area (Å²) in [7, 11) is 0. The zero-order valence-corrected chi connectivity index (χ0v) is 14.7. The normalized spacial score (nSPS) is 18.6. The maximum absolute atomic E-state index is 12.5. The molecule has 3 heterocycles. The van der Waals surface area contributed by atoms with Crippen LogP contribution in [0.2, 0.25) is 0 Å². The van der Waals surface area contributed by atoms with E-state index in [0.717, 1.165) is 63.1 Å². The quantitative estimate of drug-likeness (QED) is 0.935. The maximum Gasteiger partial charge on any atom is 0.236 e. The third-order valence-electron chi connectivity index (χ3n) is 5.42. The van der Waals surface area contributed by atoms with Crippen molar-refractivity contribution in [3.05, 3.63) is 41.6 Å². The van der Waals surface area contributed by atoms with E-state index in [0.29, 0.717) is 12.5 Å². The summed E-state index contributed by atoms with van der Waals surface area (Å²) in [5.74, 6) is 0.298. The first-order valence-electron chi connectivity index (χ1n) is 9.43. The fraction of sp³-hybridized carbons (Fsp3) is 0.500. The number of piperidine rings is 1. The zero-order valence-electron chi connectivity index (χ0n) is 14.7. The van der Waals surface area contributed by atoms with E-state index in [1.54, 1.807) is 0 Å². The Kier molecular flexibility index (Phi) is 4.83. The largest absolute Gasteiger partial charge is 0.342 e. The fourth-order valence-electron chi connectivity index (χ4n) is 3.96. The first-order chi connectivity index (χ1) is 12.3. The minimum absolute atomic E-state index is 0.298. The van der Waals surface area contributed by atoms with Gasteiger partial charge in [-0.3, -0.25) is 14.8 Å². The predicted molar refractivity (Wildman–Crippen MR) is 98.3 cm³/mol. The molecule has 0 radical (unpaired) electrons. The van der Waals surface area contributed by atoms with E-state index < -0.39 is 0 Å². The van der Waals surface area contributed by atoms with Crippen LogP contribution in [0.4, 0.5) is 0 Å². The van der Waals surface area contributed by atoms with Crippen LogP contribution in [0.3, 0.4) is 0 Å². The van der Waals surface area contributed by atoms with Gasteiger partial charge in [-0.15, -0.1) is 0 Å². The van der Waals surface area contributed by atoms with Crippen molar-refractivity contribution in [2.45, 2.75) is 32.1 Å². The van der Waals surface area contributed by atoms with Gasteiger partial charge in [0.2, 0.25) is 5.91 Å². The number of amides is 1. The van der Waals surface area contributed by atoms with E-state index in [4.69, 9.17) is 0 Å². The minimum atomic E-state index is 0.298. The number of hydrogen-bond donors (Lipinski definition) is 1. The van der Waals surface area contributed by atoms with Gasteiger partial charge in [0.1, 0.15) is 0 Å². The van der Waals surface area contributed by atoms with E-state index >= 15 is 0 Å². The summed E-state index contributed by atoms with van der Waals surface area (Å²) in [4.78, 5) is 16.9. The summed E-state index contributed by atoms with van der Waals surface area (Å²) >= 11 is 0.